The fourth-order valence-electron chi connectivity index (χ4n) is 3.59. The molecule has 1 aliphatic carbocycles. The number of nitrogens with one attached hydrogen (secondary N) is 2. The second kappa shape index (κ2) is 6.91. The Hall–Kier alpha value is -3.93. The van der Waals surface area contributed by atoms with E-state index >= 15 is 0 Å². The highest BCUT2D eigenvalue weighted by molar-refractivity contribution is 6.32. The Labute approximate surface area is 167 Å². The minimum Gasteiger partial charge on any atom is -0.398 e. The first-order valence-corrected chi connectivity index (χ1v) is 9.13. The predicted molar refractivity (Wildman–Crippen MR) is 113 cm³/mol. The van der Waals surface area contributed by atoms with Crippen LogP contribution in [-0.4, -0.2) is 17.5 Å². The highest BCUT2D eigenvalue weighted by atomic mass is 16.1. The van der Waals surface area contributed by atoms with Gasteiger partial charge in [-0.25, -0.2) is 0 Å². The molecule has 1 amide bonds. The van der Waals surface area contributed by atoms with Gasteiger partial charge in [0.25, 0.3) is 0 Å². The van der Waals surface area contributed by atoms with Crippen molar-refractivity contribution < 1.29 is 14.4 Å². The van der Waals surface area contributed by atoms with Gasteiger partial charge in [0.1, 0.15) is 0 Å². The Bertz CT molecular complexity index is 1200. The zero-order valence-corrected chi connectivity index (χ0v) is 16.0. The van der Waals surface area contributed by atoms with Crippen LogP contribution in [0.2, 0.25) is 0 Å². The maximum atomic E-state index is 13.2. The molecule has 0 aliphatic heterocycles. The SMILES string of the molecule is CC(=O)Nc1cccc(Nc2cc(C)c(N)c3c2C(=O)c2ccccc2C3=O)c1. The molecule has 3 aromatic carbocycles. The maximum Gasteiger partial charge on any atom is 0.221 e. The molecule has 0 heterocycles. The molecule has 0 aromatic heterocycles. The van der Waals surface area contributed by atoms with E-state index < -0.39 is 0 Å². The van der Waals surface area contributed by atoms with Crippen molar-refractivity contribution in [2.24, 2.45) is 0 Å². The smallest absolute Gasteiger partial charge is 0.221 e. The number of rotatable bonds is 3. The lowest BCUT2D eigenvalue weighted by atomic mass is 9.81. The fourth-order valence-corrected chi connectivity index (χ4v) is 3.59. The summed E-state index contributed by atoms with van der Waals surface area (Å²) < 4.78 is 0. The van der Waals surface area contributed by atoms with Gasteiger partial charge in [-0.1, -0.05) is 30.3 Å². The van der Waals surface area contributed by atoms with Gasteiger partial charge in [0, 0.05) is 35.1 Å². The monoisotopic (exact) mass is 385 g/mol. The van der Waals surface area contributed by atoms with E-state index in [0.29, 0.717) is 39.4 Å². The van der Waals surface area contributed by atoms with Gasteiger partial charge >= 0.3 is 0 Å². The predicted octanol–water partition coefficient (Wildman–Crippen LogP) is 4.05. The van der Waals surface area contributed by atoms with Crippen LogP contribution in [0.3, 0.4) is 0 Å². The molecular formula is C23H19N3O3. The summed E-state index contributed by atoms with van der Waals surface area (Å²) in [6.07, 6.45) is 0. The van der Waals surface area contributed by atoms with Gasteiger partial charge in [-0.3, -0.25) is 14.4 Å². The van der Waals surface area contributed by atoms with Crippen molar-refractivity contribution in [3.05, 3.63) is 82.4 Å². The molecule has 0 fully saturated rings. The number of fused-ring (bicyclic) bond motifs is 2. The molecule has 4 N–H and O–H groups in total. The van der Waals surface area contributed by atoms with Gasteiger partial charge < -0.3 is 16.4 Å². The van der Waals surface area contributed by atoms with E-state index in [1.54, 1.807) is 55.5 Å². The number of nitrogen functional groups attached to an aromatic ring is 1. The number of amides is 1. The third-order valence-electron chi connectivity index (χ3n) is 4.91. The normalized spacial score (nSPS) is 12.2. The van der Waals surface area contributed by atoms with E-state index in [1.807, 2.05) is 6.07 Å². The van der Waals surface area contributed by atoms with Crippen molar-refractivity contribution in [3.63, 3.8) is 0 Å². The first kappa shape index (κ1) is 18.4. The summed E-state index contributed by atoms with van der Waals surface area (Å²) in [7, 11) is 0. The minimum atomic E-state index is -0.258. The van der Waals surface area contributed by atoms with Crippen LogP contribution in [0.1, 0.15) is 44.3 Å². The lowest BCUT2D eigenvalue weighted by molar-refractivity contribution is -0.114. The molecule has 1 aliphatic rings. The summed E-state index contributed by atoms with van der Waals surface area (Å²) in [5.74, 6) is -0.686. The van der Waals surface area contributed by atoms with E-state index in [0.717, 1.165) is 0 Å². The third-order valence-corrected chi connectivity index (χ3v) is 4.91. The van der Waals surface area contributed by atoms with Crippen LogP contribution in [0, 0.1) is 6.92 Å². The molecule has 0 saturated heterocycles. The standard InChI is InChI=1S/C23H19N3O3/c1-12-10-18(26-15-7-5-6-14(11-15)25-13(2)27)19-20(21(12)24)23(29)17-9-4-3-8-16(17)22(19)28/h3-11,26H,24H2,1-2H3,(H,25,27). The van der Waals surface area contributed by atoms with Crippen LogP contribution in [0.5, 0.6) is 0 Å². The Morgan fingerprint density at radius 1 is 0.862 bits per heavy atom. The summed E-state index contributed by atoms with van der Waals surface area (Å²) in [5, 5.41) is 5.94. The zero-order valence-electron chi connectivity index (χ0n) is 16.0. The quantitative estimate of drug-likeness (QED) is 0.462. The number of carbonyl (C=O) groups is 3. The van der Waals surface area contributed by atoms with Gasteiger partial charge in [-0.15, -0.1) is 0 Å². The molecule has 6 nitrogen and oxygen atoms in total. The van der Waals surface area contributed by atoms with Crippen molar-refractivity contribution in [3.8, 4) is 0 Å². The first-order valence-electron chi connectivity index (χ1n) is 9.13. The number of benzene rings is 3. The fraction of sp³-hybridized carbons (Fsp3) is 0.0870. The Morgan fingerprint density at radius 2 is 1.48 bits per heavy atom. The lowest BCUT2D eigenvalue weighted by Crippen LogP contribution is -2.24. The Balaban J connectivity index is 1.85. The molecule has 0 unspecified atom stereocenters. The molecular weight excluding hydrogens is 366 g/mol. The highest BCUT2D eigenvalue weighted by Gasteiger charge is 2.34. The van der Waals surface area contributed by atoms with Crippen molar-refractivity contribution in [2.45, 2.75) is 13.8 Å². The second-order valence-electron chi connectivity index (χ2n) is 7.00. The first-order chi connectivity index (χ1) is 13.9. The number of aryl methyl sites for hydroxylation is 1. The molecule has 4 rings (SSSR count). The van der Waals surface area contributed by atoms with E-state index in [4.69, 9.17) is 5.73 Å². The summed E-state index contributed by atoms with van der Waals surface area (Å²) in [4.78, 5) is 37.7. The number of carbonyl (C=O) groups excluding carboxylic acids is 3. The molecule has 3 aromatic rings. The van der Waals surface area contributed by atoms with Gasteiger partial charge in [0.05, 0.1) is 16.8 Å². The van der Waals surface area contributed by atoms with Crippen LogP contribution in [0.25, 0.3) is 0 Å². The Kier molecular flexibility index (Phi) is 4.39. The van der Waals surface area contributed by atoms with E-state index in [9.17, 15) is 14.4 Å². The highest BCUT2D eigenvalue weighted by Crippen LogP contribution is 2.38. The van der Waals surface area contributed by atoms with Crippen molar-refractivity contribution in [1.29, 1.82) is 0 Å². The Morgan fingerprint density at radius 3 is 2.14 bits per heavy atom. The molecule has 144 valence electrons. The lowest BCUT2D eigenvalue weighted by Gasteiger charge is -2.23. The molecule has 0 bridgehead atoms. The maximum absolute atomic E-state index is 13.2. The number of hydrogen-bond acceptors (Lipinski definition) is 5. The van der Waals surface area contributed by atoms with E-state index in [1.165, 1.54) is 6.92 Å². The van der Waals surface area contributed by atoms with Crippen LogP contribution in [0.15, 0.2) is 54.6 Å². The summed E-state index contributed by atoms with van der Waals surface area (Å²) in [6.45, 7) is 3.23. The second-order valence-corrected chi connectivity index (χ2v) is 7.00. The van der Waals surface area contributed by atoms with Gasteiger partial charge in [0.15, 0.2) is 11.6 Å². The number of ketones is 2. The summed E-state index contributed by atoms with van der Waals surface area (Å²) in [5.41, 5.74) is 10.2. The third kappa shape index (κ3) is 3.14. The zero-order chi connectivity index (χ0) is 20.7. The molecule has 0 atom stereocenters. The number of nitrogens with two attached hydrogens (primary N) is 1. The van der Waals surface area contributed by atoms with Crippen LogP contribution >= 0.6 is 0 Å². The van der Waals surface area contributed by atoms with Crippen molar-refractivity contribution in [1.82, 2.24) is 0 Å². The molecule has 0 spiro atoms. The average Bonchev–Trinajstić information content (AvgIpc) is 2.68. The molecule has 29 heavy (non-hydrogen) atoms. The minimum absolute atomic E-state index is 0.180. The van der Waals surface area contributed by atoms with Crippen molar-refractivity contribution in [2.75, 3.05) is 16.4 Å². The average molecular weight is 385 g/mol. The topological polar surface area (TPSA) is 101 Å². The molecule has 0 saturated carbocycles. The molecule has 0 radical (unpaired) electrons. The van der Waals surface area contributed by atoms with E-state index in [-0.39, 0.29) is 28.6 Å². The largest absolute Gasteiger partial charge is 0.398 e. The van der Waals surface area contributed by atoms with Crippen LogP contribution < -0.4 is 16.4 Å². The van der Waals surface area contributed by atoms with Crippen LogP contribution in [0.4, 0.5) is 22.7 Å². The van der Waals surface area contributed by atoms with Crippen molar-refractivity contribution >= 4 is 40.2 Å². The van der Waals surface area contributed by atoms with Crippen LogP contribution in [-0.2, 0) is 4.79 Å². The van der Waals surface area contributed by atoms with Gasteiger partial charge in [-0.2, -0.15) is 0 Å². The van der Waals surface area contributed by atoms with Gasteiger partial charge in [-0.05, 0) is 36.8 Å². The summed E-state index contributed by atoms with van der Waals surface area (Å²) in [6, 6.07) is 15.6. The number of hydrogen-bond donors (Lipinski definition) is 3. The summed E-state index contributed by atoms with van der Waals surface area (Å²) >= 11 is 0. The number of anilines is 4. The van der Waals surface area contributed by atoms with E-state index in [2.05, 4.69) is 10.6 Å². The van der Waals surface area contributed by atoms with Gasteiger partial charge in [0.2, 0.25) is 5.91 Å². The molecule has 6 heteroatoms.